The highest BCUT2D eigenvalue weighted by Gasteiger charge is 2.55. The highest BCUT2D eigenvalue weighted by atomic mass is 32.2. The van der Waals surface area contributed by atoms with Gasteiger partial charge >= 0.3 is 0 Å². The lowest BCUT2D eigenvalue weighted by atomic mass is 10.1. The van der Waals surface area contributed by atoms with Crippen molar-refractivity contribution >= 4 is 22.5 Å². The van der Waals surface area contributed by atoms with Crippen LogP contribution in [0.3, 0.4) is 0 Å². The van der Waals surface area contributed by atoms with Crippen molar-refractivity contribution in [3.8, 4) is 0 Å². The summed E-state index contributed by atoms with van der Waals surface area (Å²) in [7, 11) is -0.132. The van der Waals surface area contributed by atoms with E-state index in [2.05, 4.69) is 0 Å². The second-order valence-electron chi connectivity index (χ2n) is 4.10. The molecule has 3 aliphatic rings. The van der Waals surface area contributed by atoms with Gasteiger partial charge in [-0.2, -0.15) is 0 Å². The van der Waals surface area contributed by atoms with E-state index in [0.29, 0.717) is 17.0 Å². The minimum atomic E-state index is -0.132. The largest absolute Gasteiger partial charge is 0.298 e. The van der Waals surface area contributed by atoms with Crippen LogP contribution < -0.4 is 0 Å². The van der Waals surface area contributed by atoms with Crippen molar-refractivity contribution in [3.05, 3.63) is 0 Å². The van der Waals surface area contributed by atoms with Crippen LogP contribution in [0.1, 0.15) is 19.3 Å². The summed E-state index contributed by atoms with van der Waals surface area (Å²) in [4.78, 5) is 23.0. The Kier molecular flexibility index (Phi) is 1.27. The lowest BCUT2D eigenvalue weighted by Gasteiger charge is -2.09. The number of fused-ring (bicyclic) bond motifs is 1. The van der Waals surface area contributed by atoms with Crippen molar-refractivity contribution in [2.75, 3.05) is 5.75 Å². The van der Waals surface area contributed by atoms with E-state index >= 15 is 0 Å². The molecule has 0 aromatic heterocycles. The third-order valence-corrected chi connectivity index (χ3v) is 5.98. The molecule has 3 heteroatoms. The van der Waals surface area contributed by atoms with Gasteiger partial charge < -0.3 is 0 Å². The van der Waals surface area contributed by atoms with Crippen molar-refractivity contribution in [2.24, 2.45) is 5.92 Å². The molecular weight excluding hydrogens is 172 g/mol. The summed E-state index contributed by atoms with van der Waals surface area (Å²) in [6.45, 7) is 0. The topological polar surface area (TPSA) is 34.1 Å². The number of Topliss-reactive ketones (excluding diaryl/α,β-unsaturated/α-hetero) is 2. The summed E-state index contributed by atoms with van der Waals surface area (Å²) in [5.74, 6) is 2.09. The van der Waals surface area contributed by atoms with Gasteiger partial charge in [-0.15, -0.1) is 0 Å². The van der Waals surface area contributed by atoms with Crippen molar-refractivity contribution in [1.82, 2.24) is 0 Å². The molecule has 0 aromatic rings. The molecule has 2 aliphatic heterocycles. The molecule has 1 aliphatic carbocycles. The van der Waals surface area contributed by atoms with Crippen LogP contribution in [0.25, 0.3) is 0 Å². The second kappa shape index (κ2) is 2.13. The fourth-order valence-corrected chi connectivity index (χ4v) is 5.00. The van der Waals surface area contributed by atoms with Gasteiger partial charge in [0.25, 0.3) is 0 Å². The molecule has 3 atom stereocenters. The zero-order valence-electron chi connectivity index (χ0n) is 6.82. The first-order valence-corrected chi connectivity index (χ1v) is 6.26. The van der Waals surface area contributed by atoms with Gasteiger partial charge in [0.2, 0.25) is 0 Å². The first-order valence-electron chi connectivity index (χ1n) is 4.59. The maximum Gasteiger partial charge on any atom is 0.154 e. The fourth-order valence-electron chi connectivity index (χ4n) is 2.14. The number of carbonyl (C=O) groups is 2. The summed E-state index contributed by atoms with van der Waals surface area (Å²) in [6, 6.07) is 0. The number of hydrogen-bond acceptors (Lipinski definition) is 2. The zero-order chi connectivity index (χ0) is 8.29. The molecule has 0 aromatic carbocycles. The predicted molar refractivity (Wildman–Crippen MR) is 48.8 cm³/mol. The number of rotatable bonds is 2. The Bertz CT molecular complexity index is 270. The first kappa shape index (κ1) is 7.13. The van der Waals surface area contributed by atoms with Gasteiger partial charge in [0.05, 0.1) is 0 Å². The molecule has 0 N–H and O–H groups in total. The molecule has 0 bridgehead atoms. The maximum atomic E-state index is 11.7. The SMILES string of the molecule is O=C1CC2C[SH]2C1C(=O)C1CC1. The lowest BCUT2D eigenvalue weighted by molar-refractivity contribution is -0.126. The average molecular weight is 184 g/mol. The van der Waals surface area contributed by atoms with E-state index in [-0.39, 0.29) is 21.9 Å². The molecule has 0 spiro atoms. The lowest BCUT2D eigenvalue weighted by Crippen LogP contribution is -2.26. The molecule has 2 nitrogen and oxygen atoms in total. The van der Waals surface area contributed by atoms with Crippen LogP contribution in [-0.2, 0) is 9.59 Å². The molecular formula is C9H12O2S. The molecule has 66 valence electrons. The molecule has 3 rings (SSSR count). The van der Waals surface area contributed by atoms with E-state index in [1.165, 1.54) is 5.75 Å². The monoisotopic (exact) mass is 184 g/mol. The highest BCUT2D eigenvalue weighted by molar-refractivity contribution is 8.26. The van der Waals surface area contributed by atoms with E-state index in [1.54, 1.807) is 0 Å². The van der Waals surface area contributed by atoms with E-state index < -0.39 is 0 Å². The summed E-state index contributed by atoms with van der Waals surface area (Å²) < 4.78 is 0. The van der Waals surface area contributed by atoms with Gasteiger partial charge in [0.15, 0.2) is 11.6 Å². The predicted octanol–water partition coefficient (Wildman–Crippen LogP) is 0.690. The van der Waals surface area contributed by atoms with Crippen LogP contribution >= 0.6 is 10.9 Å². The Labute approximate surface area is 74.1 Å². The van der Waals surface area contributed by atoms with Crippen LogP contribution in [0.2, 0.25) is 0 Å². The minimum absolute atomic E-state index is 0.0856. The number of carbonyl (C=O) groups excluding carboxylic acids is 2. The Morgan fingerprint density at radius 2 is 2.17 bits per heavy atom. The molecule has 2 heterocycles. The highest BCUT2D eigenvalue weighted by Crippen LogP contribution is 2.62. The molecule has 3 fully saturated rings. The smallest absolute Gasteiger partial charge is 0.154 e. The summed E-state index contributed by atoms with van der Waals surface area (Å²) >= 11 is 0. The van der Waals surface area contributed by atoms with Gasteiger partial charge in [0, 0.05) is 17.6 Å². The van der Waals surface area contributed by atoms with Crippen molar-refractivity contribution in [2.45, 2.75) is 29.8 Å². The van der Waals surface area contributed by atoms with Gasteiger partial charge in [-0.1, -0.05) is 0 Å². The zero-order valence-corrected chi connectivity index (χ0v) is 7.72. The second-order valence-corrected chi connectivity index (χ2v) is 6.74. The van der Waals surface area contributed by atoms with Crippen molar-refractivity contribution in [3.63, 3.8) is 0 Å². The van der Waals surface area contributed by atoms with E-state index in [0.717, 1.165) is 19.3 Å². The molecule has 0 amide bonds. The van der Waals surface area contributed by atoms with Crippen LogP contribution in [-0.4, -0.2) is 27.8 Å². The van der Waals surface area contributed by atoms with Crippen LogP contribution in [0.4, 0.5) is 0 Å². The van der Waals surface area contributed by atoms with Crippen molar-refractivity contribution < 1.29 is 9.59 Å². The molecule has 0 radical (unpaired) electrons. The molecule has 12 heavy (non-hydrogen) atoms. The van der Waals surface area contributed by atoms with Gasteiger partial charge in [-0.05, 0) is 18.6 Å². The minimum Gasteiger partial charge on any atom is -0.298 e. The van der Waals surface area contributed by atoms with Gasteiger partial charge in [-0.3, -0.25) is 9.59 Å². The molecule has 3 unspecified atom stereocenters. The third-order valence-electron chi connectivity index (χ3n) is 3.08. The van der Waals surface area contributed by atoms with Crippen LogP contribution in [0.5, 0.6) is 0 Å². The van der Waals surface area contributed by atoms with Crippen LogP contribution in [0.15, 0.2) is 0 Å². The van der Waals surface area contributed by atoms with Crippen molar-refractivity contribution in [1.29, 1.82) is 0 Å². The maximum absolute atomic E-state index is 11.7. The Hall–Kier alpha value is -0.310. The van der Waals surface area contributed by atoms with Gasteiger partial charge in [0.1, 0.15) is 5.25 Å². The average Bonchev–Trinajstić information content (AvgIpc) is 2.86. The number of thiol groups is 1. The normalized spacial score (nSPS) is 47.3. The Morgan fingerprint density at radius 1 is 1.42 bits per heavy atom. The standard InChI is InChI=1S/C9H12O2S/c10-7-3-6-4-12(6)9(7)8(11)5-1-2-5/h5-6,9,12H,1-4H2. The molecule has 1 saturated carbocycles. The quantitative estimate of drug-likeness (QED) is 0.389. The summed E-state index contributed by atoms with van der Waals surface area (Å²) in [6.07, 6.45) is 2.84. The van der Waals surface area contributed by atoms with E-state index in [1.807, 2.05) is 0 Å². The Morgan fingerprint density at radius 3 is 2.67 bits per heavy atom. The van der Waals surface area contributed by atoms with E-state index in [9.17, 15) is 9.59 Å². The van der Waals surface area contributed by atoms with E-state index in [4.69, 9.17) is 0 Å². The Balaban J connectivity index is 1.81. The first-order chi connectivity index (χ1) is 5.77. The molecule has 2 saturated heterocycles. The van der Waals surface area contributed by atoms with Gasteiger partial charge in [-0.25, -0.2) is 10.9 Å². The third kappa shape index (κ3) is 0.889. The number of ketones is 2. The summed E-state index contributed by atoms with van der Waals surface area (Å²) in [5, 5.41) is 0.581. The fraction of sp³-hybridized carbons (Fsp3) is 0.778. The number of hydrogen-bond donors (Lipinski definition) is 1. The van der Waals surface area contributed by atoms with Crippen LogP contribution in [0, 0.1) is 5.92 Å². The summed E-state index contributed by atoms with van der Waals surface area (Å²) in [5.41, 5.74) is 0.